The van der Waals surface area contributed by atoms with Gasteiger partial charge in [0.2, 0.25) is 5.96 Å². The predicted octanol–water partition coefficient (Wildman–Crippen LogP) is 2.11. The Morgan fingerprint density at radius 1 is 1.21 bits per heavy atom. The molecule has 2 aliphatic heterocycles. The number of benzene rings is 1. The quantitative estimate of drug-likeness (QED) is 0.906. The van der Waals surface area contributed by atoms with Crippen molar-refractivity contribution >= 4 is 46.5 Å². The Kier molecular flexibility index (Phi) is 3.35. The lowest BCUT2D eigenvalue weighted by Gasteiger charge is -2.15. The molecule has 96 valence electrons. The Balaban J connectivity index is 1.73. The van der Waals surface area contributed by atoms with Crippen molar-refractivity contribution < 1.29 is 0 Å². The smallest absolute Gasteiger partial charge is 0.222 e. The summed E-state index contributed by atoms with van der Waals surface area (Å²) in [5, 5.41) is 1.56. The van der Waals surface area contributed by atoms with Crippen molar-refractivity contribution in [2.24, 2.45) is 25.7 Å². The van der Waals surface area contributed by atoms with Crippen molar-refractivity contribution in [1.29, 1.82) is 0 Å². The second-order valence-corrected chi connectivity index (χ2v) is 5.42. The van der Waals surface area contributed by atoms with Crippen LogP contribution in [0.25, 0.3) is 0 Å². The first-order valence-corrected chi connectivity index (χ1v) is 6.98. The number of nitrogens with two attached hydrogens (primary N) is 1. The Morgan fingerprint density at radius 3 is 2.79 bits per heavy atom. The van der Waals surface area contributed by atoms with Crippen LogP contribution in [0.1, 0.15) is 5.56 Å². The molecule has 0 spiro atoms. The molecule has 1 aromatic carbocycles. The third-order valence-corrected chi connectivity index (χ3v) is 3.98. The third-order valence-electron chi connectivity index (χ3n) is 2.64. The maximum absolute atomic E-state index is 5.85. The minimum atomic E-state index is -0.190. The summed E-state index contributed by atoms with van der Waals surface area (Å²) in [5.41, 5.74) is 6.83. The SMILES string of the molecule is NC1=NC2=NC=NC2C(SCc2ccc(Cl)cc2)=N1. The van der Waals surface area contributed by atoms with Crippen LogP contribution < -0.4 is 5.73 Å². The Morgan fingerprint density at radius 2 is 2.00 bits per heavy atom. The van der Waals surface area contributed by atoms with E-state index in [1.54, 1.807) is 11.8 Å². The molecule has 0 aliphatic carbocycles. The Labute approximate surface area is 119 Å². The molecule has 2 heterocycles. The monoisotopic (exact) mass is 291 g/mol. The number of rotatable bonds is 2. The highest BCUT2D eigenvalue weighted by Crippen LogP contribution is 2.23. The van der Waals surface area contributed by atoms with Gasteiger partial charge in [0.05, 0.1) is 0 Å². The zero-order chi connectivity index (χ0) is 13.2. The zero-order valence-electron chi connectivity index (χ0n) is 9.82. The minimum Gasteiger partial charge on any atom is -0.368 e. The molecule has 0 radical (unpaired) electrons. The highest BCUT2D eigenvalue weighted by Gasteiger charge is 2.28. The van der Waals surface area contributed by atoms with E-state index < -0.39 is 0 Å². The van der Waals surface area contributed by atoms with Gasteiger partial charge in [-0.05, 0) is 17.7 Å². The van der Waals surface area contributed by atoms with Crippen molar-refractivity contribution in [3.63, 3.8) is 0 Å². The number of hydrogen-bond donors (Lipinski definition) is 1. The number of fused-ring (bicyclic) bond motifs is 1. The summed E-state index contributed by atoms with van der Waals surface area (Å²) in [6.45, 7) is 0. The van der Waals surface area contributed by atoms with Crippen molar-refractivity contribution in [3.8, 4) is 0 Å². The van der Waals surface area contributed by atoms with E-state index in [1.165, 1.54) is 11.9 Å². The summed E-state index contributed by atoms with van der Waals surface area (Å²) in [7, 11) is 0. The van der Waals surface area contributed by atoms with Crippen LogP contribution in [0.3, 0.4) is 0 Å². The van der Waals surface area contributed by atoms with Crippen LogP contribution in [-0.2, 0) is 5.75 Å². The van der Waals surface area contributed by atoms with Gasteiger partial charge in [-0.1, -0.05) is 23.7 Å². The van der Waals surface area contributed by atoms with E-state index >= 15 is 0 Å². The standard InChI is InChI=1S/C12H10ClN5S/c13-8-3-1-7(2-4-8)5-19-11-9-10(16-6-15-9)17-12(14)18-11/h1-4,6,9H,5H2,(H2,14,15,16,17). The van der Waals surface area contributed by atoms with Crippen LogP contribution in [-0.4, -0.2) is 29.2 Å². The predicted molar refractivity (Wildman–Crippen MR) is 81.5 cm³/mol. The van der Waals surface area contributed by atoms with Crippen LogP contribution in [0.4, 0.5) is 0 Å². The molecule has 1 aromatic rings. The number of thioether (sulfide) groups is 1. The van der Waals surface area contributed by atoms with E-state index in [2.05, 4.69) is 20.0 Å². The lowest BCUT2D eigenvalue weighted by atomic mass is 10.2. The summed E-state index contributed by atoms with van der Waals surface area (Å²) < 4.78 is 0. The summed E-state index contributed by atoms with van der Waals surface area (Å²) in [4.78, 5) is 16.6. The van der Waals surface area contributed by atoms with Gasteiger partial charge in [-0.15, -0.1) is 11.8 Å². The number of guanidine groups is 1. The van der Waals surface area contributed by atoms with E-state index in [0.29, 0.717) is 5.84 Å². The number of nitrogens with zero attached hydrogens (tertiary/aromatic N) is 4. The highest BCUT2D eigenvalue weighted by atomic mass is 35.5. The summed E-state index contributed by atoms with van der Waals surface area (Å²) >= 11 is 7.44. The maximum atomic E-state index is 5.85. The molecule has 1 unspecified atom stereocenters. The molecule has 1 atom stereocenters. The van der Waals surface area contributed by atoms with Crippen LogP contribution >= 0.6 is 23.4 Å². The second-order valence-electron chi connectivity index (χ2n) is 3.99. The number of amidine groups is 1. The largest absolute Gasteiger partial charge is 0.368 e. The highest BCUT2D eigenvalue weighted by molar-refractivity contribution is 8.13. The molecule has 2 N–H and O–H groups in total. The van der Waals surface area contributed by atoms with Crippen LogP contribution in [0.2, 0.25) is 5.02 Å². The molecule has 2 aliphatic rings. The van der Waals surface area contributed by atoms with Gasteiger partial charge in [-0.2, -0.15) is 4.99 Å². The van der Waals surface area contributed by atoms with Crippen molar-refractivity contribution in [3.05, 3.63) is 34.9 Å². The fourth-order valence-electron chi connectivity index (χ4n) is 1.73. The first-order chi connectivity index (χ1) is 9.22. The summed E-state index contributed by atoms with van der Waals surface area (Å²) in [5.74, 6) is 1.63. The van der Waals surface area contributed by atoms with E-state index in [0.717, 1.165) is 15.8 Å². The van der Waals surface area contributed by atoms with Crippen LogP contribution in [0, 0.1) is 0 Å². The fourth-order valence-corrected chi connectivity index (χ4v) is 2.84. The molecule has 0 bridgehead atoms. The van der Waals surface area contributed by atoms with Gasteiger partial charge in [0.25, 0.3) is 0 Å². The first-order valence-electron chi connectivity index (χ1n) is 5.62. The number of halogens is 1. The van der Waals surface area contributed by atoms with Gasteiger partial charge in [-0.3, -0.25) is 4.99 Å². The van der Waals surface area contributed by atoms with E-state index in [4.69, 9.17) is 17.3 Å². The molecular formula is C12H10ClN5S. The van der Waals surface area contributed by atoms with Gasteiger partial charge in [0.15, 0.2) is 11.9 Å². The van der Waals surface area contributed by atoms with E-state index in [1.807, 2.05) is 24.3 Å². The second kappa shape index (κ2) is 5.14. The summed E-state index contributed by atoms with van der Waals surface area (Å²) in [6, 6.07) is 7.53. The lowest BCUT2D eigenvalue weighted by molar-refractivity contribution is 1.15. The van der Waals surface area contributed by atoms with Gasteiger partial charge in [0.1, 0.15) is 11.4 Å². The molecule has 5 nitrogen and oxygen atoms in total. The van der Waals surface area contributed by atoms with Crippen LogP contribution in [0.15, 0.2) is 44.2 Å². The molecular weight excluding hydrogens is 282 g/mol. The van der Waals surface area contributed by atoms with Gasteiger partial charge < -0.3 is 5.73 Å². The Bertz CT molecular complexity index is 618. The molecule has 19 heavy (non-hydrogen) atoms. The van der Waals surface area contributed by atoms with Gasteiger partial charge >= 0.3 is 0 Å². The van der Waals surface area contributed by atoms with Gasteiger partial charge in [0, 0.05) is 10.8 Å². The number of aliphatic imine (C=N–C) groups is 4. The maximum Gasteiger partial charge on any atom is 0.222 e. The normalized spacial score (nSPS) is 20.7. The molecule has 0 saturated heterocycles. The topological polar surface area (TPSA) is 75.5 Å². The molecule has 3 rings (SSSR count). The van der Waals surface area contributed by atoms with E-state index in [-0.39, 0.29) is 12.0 Å². The van der Waals surface area contributed by atoms with Crippen LogP contribution in [0.5, 0.6) is 0 Å². The number of hydrogen-bond acceptors (Lipinski definition) is 6. The fraction of sp³-hybridized carbons (Fsp3) is 0.167. The average Bonchev–Trinajstić information content (AvgIpc) is 2.85. The molecule has 7 heteroatoms. The van der Waals surface area contributed by atoms with Crippen molar-refractivity contribution in [2.45, 2.75) is 11.8 Å². The first kappa shape index (κ1) is 12.4. The van der Waals surface area contributed by atoms with Crippen molar-refractivity contribution in [2.75, 3.05) is 0 Å². The lowest BCUT2D eigenvalue weighted by Crippen LogP contribution is -2.31. The molecule has 0 amide bonds. The summed E-state index contributed by atoms with van der Waals surface area (Å²) in [6.07, 6.45) is 1.50. The molecule has 0 saturated carbocycles. The minimum absolute atomic E-state index is 0.190. The van der Waals surface area contributed by atoms with Gasteiger partial charge in [-0.25, -0.2) is 9.98 Å². The van der Waals surface area contributed by atoms with Crippen molar-refractivity contribution in [1.82, 2.24) is 0 Å². The molecule has 0 aromatic heterocycles. The zero-order valence-corrected chi connectivity index (χ0v) is 11.4. The molecule has 0 fully saturated rings. The average molecular weight is 292 g/mol. The Hall–Kier alpha value is -1.66. The van der Waals surface area contributed by atoms with E-state index in [9.17, 15) is 0 Å². The third kappa shape index (κ3) is 2.69.